The van der Waals surface area contributed by atoms with Gasteiger partial charge in [-0.1, -0.05) is 43.1 Å². The van der Waals surface area contributed by atoms with Gasteiger partial charge in [-0.05, 0) is 64.5 Å². The lowest BCUT2D eigenvalue weighted by Crippen LogP contribution is -2.44. The predicted octanol–water partition coefficient (Wildman–Crippen LogP) is 4.91. The third kappa shape index (κ3) is 8.15. The number of carbonyl (C=O) groups is 1. The number of unbranched alkanes of at least 4 members (excludes halogenated alkanes) is 2. The zero-order chi connectivity index (χ0) is 25.3. The summed E-state index contributed by atoms with van der Waals surface area (Å²) < 4.78 is 11.5. The third-order valence-corrected chi connectivity index (χ3v) is 5.98. The molecule has 0 aliphatic carbocycles. The first kappa shape index (κ1) is 27.9. The molecule has 1 aromatic carbocycles. The highest BCUT2D eigenvalue weighted by Crippen LogP contribution is 2.37. The van der Waals surface area contributed by atoms with Crippen molar-refractivity contribution in [2.75, 3.05) is 6.61 Å². The molecule has 190 valence electrons. The lowest BCUT2D eigenvalue weighted by atomic mass is 9.94. The van der Waals surface area contributed by atoms with Gasteiger partial charge in [-0.3, -0.25) is 0 Å². The average molecular weight is 477 g/mol. The predicted molar refractivity (Wildman–Crippen MR) is 131 cm³/mol. The van der Waals surface area contributed by atoms with Gasteiger partial charge in [-0.25, -0.2) is 4.79 Å². The number of carboxylic acids is 1. The minimum absolute atomic E-state index is 0.0307. The SMILES string of the molecule is CCCCCc1cc(OC2OCC(O)CC2O)c(C/C=C(\C)CCC=C(C)C)c(O)c1C(=O)O. The molecule has 1 aliphatic rings. The quantitative estimate of drug-likeness (QED) is 0.250. The topological polar surface area (TPSA) is 116 Å². The fourth-order valence-corrected chi connectivity index (χ4v) is 4.02. The molecule has 7 nitrogen and oxygen atoms in total. The van der Waals surface area contributed by atoms with Crippen molar-refractivity contribution in [3.05, 3.63) is 46.1 Å². The summed E-state index contributed by atoms with van der Waals surface area (Å²) in [5.41, 5.74) is 3.10. The van der Waals surface area contributed by atoms with Crippen LogP contribution in [0.4, 0.5) is 0 Å². The van der Waals surface area contributed by atoms with Crippen LogP contribution in [0.2, 0.25) is 0 Å². The summed E-state index contributed by atoms with van der Waals surface area (Å²) in [5, 5.41) is 40.9. The van der Waals surface area contributed by atoms with Crippen LogP contribution in [0.15, 0.2) is 29.4 Å². The van der Waals surface area contributed by atoms with Crippen LogP contribution in [0.1, 0.15) is 87.7 Å². The van der Waals surface area contributed by atoms with Crippen molar-refractivity contribution >= 4 is 5.97 Å². The first-order chi connectivity index (χ1) is 16.1. The maximum atomic E-state index is 12.0. The van der Waals surface area contributed by atoms with Crippen LogP contribution in [0.25, 0.3) is 0 Å². The maximum absolute atomic E-state index is 12.0. The van der Waals surface area contributed by atoms with Gasteiger partial charge in [0.15, 0.2) is 0 Å². The Labute approximate surface area is 202 Å². The molecule has 0 aromatic heterocycles. The van der Waals surface area contributed by atoms with Crippen LogP contribution in [0.5, 0.6) is 11.5 Å². The van der Waals surface area contributed by atoms with Crippen molar-refractivity contribution in [1.82, 2.24) is 0 Å². The van der Waals surface area contributed by atoms with E-state index in [0.29, 0.717) is 23.3 Å². The number of phenols is 1. The molecule has 1 saturated heterocycles. The second-order valence-electron chi connectivity index (χ2n) is 9.35. The summed E-state index contributed by atoms with van der Waals surface area (Å²) in [6, 6.07) is 1.65. The Morgan fingerprint density at radius 2 is 1.94 bits per heavy atom. The van der Waals surface area contributed by atoms with Gasteiger partial charge in [0.1, 0.15) is 23.2 Å². The molecular weight excluding hydrogens is 436 g/mol. The number of aryl methyl sites for hydroxylation is 1. The van der Waals surface area contributed by atoms with Crippen LogP contribution in [-0.2, 0) is 17.6 Å². The molecular formula is C27H40O7. The minimum Gasteiger partial charge on any atom is -0.507 e. The molecule has 1 fully saturated rings. The number of aromatic carboxylic acids is 1. The number of carboxylic acid groups (broad SMARTS) is 1. The number of aliphatic hydroxyl groups is 2. The molecule has 7 heteroatoms. The third-order valence-electron chi connectivity index (χ3n) is 5.98. The zero-order valence-electron chi connectivity index (χ0n) is 20.8. The van der Waals surface area contributed by atoms with E-state index >= 15 is 0 Å². The minimum atomic E-state index is -1.18. The Morgan fingerprint density at radius 1 is 1.21 bits per heavy atom. The number of allylic oxidation sites excluding steroid dienone is 4. The fourth-order valence-electron chi connectivity index (χ4n) is 4.02. The molecule has 0 bridgehead atoms. The number of hydrogen-bond acceptors (Lipinski definition) is 6. The van der Waals surface area contributed by atoms with Crippen LogP contribution in [0, 0.1) is 0 Å². The van der Waals surface area contributed by atoms with Crippen molar-refractivity contribution in [2.45, 2.75) is 97.6 Å². The smallest absolute Gasteiger partial charge is 0.339 e. The average Bonchev–Trinajstić information content (AvgIpc) is 2.74. The second kappa shape index (κ2) is 13.5. The van der Waals surface area contributed by atoms with E-state index in [1.54, 1.807) is 6.07 Å². The highest BCUT2D eigenvalue weighted by atomic mass is 16.7. The van der Waals surface area contributed by atoms with E-state index in [9.17, 15) is 25.2 Å². The first-order valence-electron chi connectivity index (χ1n) is 12.2. The van der Waals surface area contributed by atoms with E-state index in [-0.39, 0.29) is 30.8 Å². The lowest BCUT2D eigenvalue weighted by molar-refractivity contribution is -0.199. The Bertz CT molecular complexity index is 883. The molecule has 0 spiro atoms. The molecule has 2 rings (SSSR count). The number of benzene rings is 1. The van der Waals surface area contributed by atoms with Gasteiger partial charge in [-0.15, -0.1) is 0 Å². The summed E-state index contributed by atoms with van der Waals surface area (Å²) in [7, 11) is 0. The second-order valence-corrected chi connectivity index (χ2v) is 9.35. The number of aromatic hydroxyl groups is 1. The normalized spacial score (nSPS) is 20.8. The molecule has 3 atom stereocenters. The Hall–Kier alpha value is -2.35. The van der Waals surface area contributed by atoms with Gasteiger partial charge in [0.2, 0.25) is 6.29 Å². The van der Waals surface area contributed by atoms with E-state index in [0.717, 1.165) is 37.7 Å². The van der Waals surface area contributed by atoms with Gasteiger partial charge >= 0.3 is 5.97 Å². The van der Waals surface area contributed by atoms with E-state index in [4.69, 9.17) is 9.47 Å². The number of aliphatic hydroxyl groups excluding tert-OH is 2. The standard InChI is InChI=1S/C27H40O7/c1-5-6-7-11-19-14-23(34-27-22(29)15-20(28)16-33-27)21(25(30)24(19)26(31)32)13-12-18(4)10-8-9-17(2)3/h9,12,14,20,22,27-30H,5-8,10-11,13,15-16H2,1-4H3,(H,31,32)/b18-12+. The summed E-state index contributed by atoms with van der Waals surface area (Å²) >= 11 is 0. The van der Waals surface area contributed by atoms with Gasteiger partial charge in [-0.2, -0.15) is 0 Å². The van der Waals surface area contributed by atoms with E-state index in [1.807, 2.05) is 13.0 Å². The molecule has 0 radical (unpaired) electrons. The van der Waals surface area contributed by atoms with Crippen LogP contribution in [-0.4, -0.2) is 51.5 Å². The van der Waals surface area contributed by atoms with Gasteiger partial charge in [0.05, 0.1) is 12.7 Å². The van der Waals surface area contributed by atoms with Crippen molar-refractivity contribution in [3.8, 4) is 11.5 Å². The molecule has 4 N–H and O–H groups in total. The van der Waals surface area contributed by atoms with Crippen molar-refractivity contribution in [2.24, 2.45) is 0 Å². The van der Waals surface area contributed by atoms with Gasteiger partial charge in [0.25, 0.3) is 0 Å². The van der Waals surface area contributed by atoms with Crippen molar-refractivity contribution in [1.29, 1.82) is 0 Å². The van der Waals surface area contributed by atoms with Gasteiger partial charge in [0, 0.05) is 12.0 Å². The van der Waals surface area contributed by atoms with E-state index in [2.05, 4.69) is 26.8 Å². The van der Waals surface area contributed by atoms with Gasteiger partial charge < -0.3 is 29.9 Å². The largest absolute Gasteiger partial charge is 0.507 e. The van der Waals surface area contributed by atoms with Crippen LogP contribution >= 0.6 is 0 Å². The number of hydrogen-bond donors (Lipinski definition) is 4. The molecule has 0 amide bonds. The fraction of sp³-hybridized carbons (Fsp3) is 0.593. The van der Waals surface area contributed by atoms with Crippen LogP contribution in [0.3, 0.4) is 0 Å². The molecule has 0 saturated carbocycles. The van der Waals surface area contributed by atoms with Crippen molar-refractivity contribution in [3.63, 3.8) is 0 Å². The maximum Gasteiger partial charge on any atom is 0.339 e. The Balaban J connectivity index is 2.41. The highest BCUT2D eigenvalue weighted by molar-refractivity contribution is 5.93. The summed E-state index contributed by atoms with van der Waals surface area (Å²) in [6.45, 7) is 8.20. The van der Waals surface area contributed by atoms with E-state index in [1.165, 1.54) is 5.57 Å². The zero-order valence-corrected chi connectivity index (χ0v) is 20.8. The molecule has 1 aromatic rings. The van der Waals surface area contributed by atoms with Crippen molar-refractivity contribution < 1.29 is 34.7 Å². The Kier molecular flexibility index (Phi) is 11.1. The lowest BCUT2D eigenvalue weighted by Gasteiger charge is -2.32. The molecule has 34 heavy (non-hydrogen) atoms. The first-order valence-corrected chi connectivity index (χ1v) is 12.2. The molecule has 1 aliphatic heterocycles. The van der Waals surface area contributed by atoms with E-state index < -0.39 is 24.5 Å². The molecule has 3 unspecified atom stereocenters. The highest BCUT2D eigenvalue weighted by Gasteiger charge is 2.32. The Morgan fingerprint density at radius 3 is 2.56 bits per heavy atom. The summed E-state index contributed by atoms with van der Waals surface area (Å²) in [6.07, 6.45) is 6.65. The number of ether oxygens (including phenoxy) is 2. The molecule has 1 heterocycles. The summed E-state index contributed by atoms with van der Waals surface area (Å²) in [4.78, 5) is 12.0. The van der Waals surface area contributed by atoms with Crippen LogP contribution < -0.4 is 4.74 Å². The summed E-state index contributed by atoms with van der Waals surface area (Å²) in [5.74, 6) is -1.20. The monoisotopic (exact) mass is 476 g/mol. The number of rotatable bonds is 12.